The fourth-order valence-corrected chi connectivity index (χ4v) is 4.82. The Morgan fingerprint density at radius 2 is 1.43 bits per heavy atom. The molecular formula is C34H38ClNO4. The predicted octanol–water partition coefficient (Wildman–Crippen LogP) is 7.24. The molecule has 4 rings (SSSR count). The molecule has 40 heavy (non-hydrogen) atoms. The lowest BCUT2D eigenvalue weighted by Gasteiger charge is -2.29. The molecule has 0 aromatic heterocycles. The molecule has 1 N–H and O–H groups in total. The smallest absolute Gasteiger partial charge is 0.307 e. The molecule has 6 heteroatoms. The van der Waals surface area contributed by atoms with Gasteiger partial charge in [0.05, 0.1) is 19.6 Å². The van der Waals surface area contributed by atoms with E-state index in [0.717, 1.165) is 37.4 Å². The fourth-order valence-electron chi connectivity index (χ4n) is 4.82. The number of carboxylic acids is 1. The van der Waals surface area contributed by atoms with Crippen LogP contribution in [-0.2, 0) is 17.8 Å². The van der Waals surface area contributed by atoms with Crippen LogP contribution >= 0.6 is 12.4 Å². The largest absolute Gasteiger partial charge is 0.497 e. The highest BCUT2D eigenvalue weighted by Crippen LogP contribution is 2.27. The number of halogens is 1. The molecule has 0 bridgehead atoms. The van der Waals surface area contributed by atoms with Crippen LogP contribution in [0.25, 0.3) is 0 Å². The number of carbonyl (C=O) groups is 1. The van der Waals surface area contributed by atoms with E-state index < -0.39 is 5.97 Å². The van der Waals surface area contributed by atoms with Gasteiger partial charge in [0.2, 0.25) is 0 Å². The molecule has 0 aliphatic heterocycles. The Morgan fingerprint density at radius 1 is 0.800 bits per heavy atom. The molecule has 210 valence electrons. The number of hydrogen-bond donors (Lipinski definition) is 1. The molecule has 0 radical (unpaired) electrons. The average molecular weight is 560 g/mol. The highest BCUT2D eigenvalue weighted by atomic mass is 35.5. The molecular weight excluding hydrogens is 522 g/mol. The van der Waals surface area contributed by atoms with Crippen LogP contribution in [0.2, 0.25) is 0 Å². The molecule has 0 aliphatic carbocycles. The molecule has 0 heterocycles. The third kappa shape index (κ3) is 9.44. The topological polar surface area (TPSA) is 59.0 Å². The van der Waals surface area contributed by atoms with Crippen molar-refractivity contribution < 1.29 is 19.4 Å². The second kappa shape index (κ2) is 15.7. The van der Waals surface area contributed by atoms with Gasteiger partial charge in [-0.1, -0.05) is 84.9 Å². The van der Waals surface area contributed by atoms with Crippen LogP contribution in [0.15, 0.2) is 109 Å². The van der Waals surface area contributed by atoms with E-state index in [9.17, 15) is 4.79 Å². The van der Waals surface area contributed by atoms with E-state index in [0.29, 0.717) is 5.75 Å². The van der Waals surface area contributed by atoms with E-state index in [4.69, 9.17) is 14.6 Å². The fraction of sp³-hybridized carbons (Fsp3) is 0.265. The van der Waals surface area contributed by atoms with E-state index in [1.165, 1.54) is 16.7 Å². The highest BCUT2D eigenvalue weighted by molar-refractivity contribution is 5.85. The summed E-state index contributed by atoms with van der Waals surface area (Å²) in [6.45, 7) is 4.58. The van der Waals surface area contributed by atoms with Gasteiger partial charge in [-0.3, -0.25) is 9.69 Å². The first-order chi connectivity index (χ1) is 19.0. The standard InChI is InChI=1S/C34H37NO4.ClH/c1-26(39-32-15-9-10-28(22-32)23-34(36)37)20-21-35(24-27-16-18-31(38-2)19-17-27)25-33(29-11-5-3-6-12-29)30-13-7-4-8-14-30;/h3-19,22,26,33H,20-21,23-25H2,1-2H3,(H,36,37);1H. The molecule has 4 aromatic rings. The van der Waals surface area contributed by atoms with E-state index >= 15 is 0 Å². The van der Waals surface area contributed by atoms with E-state index in [2.05, 4.69) is 84.6 Å². The summed E-state index contributed by atoms with van der Waals surface area (Å²) < 4.78 is 11.6. The van der Waals surface area contributed by atoms with Crippen molar-refractivity contribution in [1.82, 2.24) is 4.90 Å². The molecule has 0 saturated heterocycles. The van der Waals surface area contributed by atoms with Gasteiger partial charge in [0.25, 0.3) is 0 Å². The Balaban J connectivity index is 0.00000441. The quantitative estimate of drug-likeness (QED) is 0.176. The molecule has 0 fully saturated rings. The second-order valence-corrected chi connectivity index (χ2v) is 9.89. The Bertz CT molecular complexity index is 1260. The molecule has 0 saturated carbocycles. The van der Waals surface area contributed by atoms with Gasteiger partial charge in [0.1, 0.15) is 11.5 Å². The number of hydrogen-bond acceptors (Lipinski definition) is 4. The van der Waals surface area contributed by atoms with Gasteiger partial charge in [-0.15, -0.1) is 12.4 Å². The number of carboxylic acid groups (broad SMARTS) is 1. The summed E-state index contributed by atoms with van der Waals surface area (Å²) in [5.74, 6) is 0.939. The number of aliphatic carboxylic acids is 1. The minimum absolute atomic E-state index is 0. The third-order valence-electron chi connectivity index (χ3n) is 6.85. The highest BCUT2D eigenvalue weighted by Gasteiger charge is 2.20. The summed E-state index contributed by atoms with van der Waals surface area (Å²) in [4.78, 5) is 13.6. The number of methoxy groups -OCH3 is 1. The van der Waals surface area contributed by atoms with Gasteiger partial charge in [-0.2, -0.15) is 0 Å². The van der Waals surface area contributed by atoms with Crippen molar-refractivity contribution in [2.75, 3.05) is 20.2 Å². The van der Waals surface area contributed by atoms with Crippen molar-refractivity contribution in [2.24, 2.45) is 0 Å². The zero-order chi connectivity index (χ0) is 27.5. The Kier molecular flexibility index (Phi) is 12.1. The first-order valence-electron chi connectivity index (χ1n) is 13.4. The molecule has 5 nitrogen and oxygen atoms in total. The maximum Gasteiger partial charge on any atom is 0.307 e. The van der Waals surface area contributed by atoms with E-state index in [-0.39, 0.29) is 30.8 Å². The summed E-state index contributed by atoms with van der Waals surface area (Å²) in [5.41, 5.74) is 4.55. The Morgan fingerprint density at radius 3 is 2.00 bits per heavy atom. The van der Waals surface area contributed by atoms with Gasteiger partial charge in [0, 0.05) is 25.6 Å². The van der Waals surface area contributed by atoms with Crippen LogP contribution in [0.4, 0.5) is 0 Å². The number of ether oxygens (including phenoxy) is 2. The van der Waals surface area contributed by atoms with Gasteiger partial charge in [-0.05, 0) is 59.9 Å². The maximum absolute atomic E-state index is 11.1. The SMILES string of the molecule is COc1ccc(CN(CCC(C)Oc2cccc(CC(=O)O)c2)CC(c2ccccc2)c2ccccc2)cc1.Cl. The number of benzene rings is 4. The summed E-state index contributed by atoms with van der Waals surface area (Å²) in [7, 11) is 1.68. The predicted molar refractivity (Wildman–Crippen MR) is 163 cm³/mol. The lowest BCUT2D eigenvalue weighted by molar-refractivity contribution is -0.136. The maximum atomic E-state index is 11.1. The van der Waals surface area contributed by atoms with Crippen molar-refractivity contribution >= 4 is 18.4 Å². The third-order valence-corrected chi connectivity index (χ3v) is 6.85. The van der Waals surface area contributed by atoms with Gasteiger partial charge in [0.15, 0.2) is 0 Å². The molecule has 1 unspecified atom stereocenters. The molecule has 0 amide bonds. The van der Waals surface area contributed by atoms with Crippen LogP contribution in [-0.4, -0.2) is 42.3 Å². The van der Waals surface area contributed by atoms with Crippen molar-refractivity contribution in [3.8, 4) is 11.5 Å². The molecule has 0 spiro atoms. The van der Waals surface area contributed by atoms with E-state index in [1.54, 1.807) is 7.11 Å². The molecule has 1 atom stereocenters. The van der Waals surface area contributed by atoms with Crippen LogP contribution in [0.5, 0.6) is 11.5 Å². The minimum atomic E-state index is -0.847. The van der Waals surface area contributed by atoms with Crippen molar-refractivity contribution in [3.63, 3.8) is 0 Å². The molecule has 4 aromatic carbocycles. The zero-order valence-corrected chi connectivity index (χ0v) is 23.9. The first-order valence-corrected chi connectivity index (χ1v) is 13.4. The van der Waals surface area contributed by atoms with Gasteiger partial charge in [-0.25, -0.2) is 0 Å². The van der Waals surface area contributed by atoms with Crippen molar-refractivity contribution in [2.45, 2.75) is 38.3 Å². The first kappa shape index (κ1) is 30.7. The number of rotatable bonds is 14. The molecule has 0 aliphatic rings. The van der Waals surface area contributed by atoms with Crippen molar-refractivity contribution in [3.05, 3.63) is 131 Å². The van der Waals surface area contributed by atoms with Crippen molar-refractivity contribution in [1.29, 1.82) is 0 Å². The second-order valence-electron chi connectivity index (χ2n) is 9.89. The lowest BCUT2D eigenvalue weighted by atomic mass is 9.90. The van der Waals surface area contributed by atoms with Crippen LogP contribution < -0.4 is 9.47 Å². The normalized spacial score (nSPS) is 11.6. The summed E-state index contributed by atoms with van der Waals surface area (Å²) >= 11 is 0. The lowest BCUT2D eigenvalue weighted by Crippen LogP contribution is -2.32. The van der Waals surface area contributed by atoms with Crippen LogP contribution in [0.3, 0.4) is 0 Å². The van der Waals surface area contributed by atoms with Crippen LogP contribution in [0, 0.1) is 0 Å². The van der Waals surface area contributed by atoms with Gasteiger partial charge >= 0.3 is 5.97 Å². The van der Waals surface area contributed by atoms with E-state index in [1.807, 2.05) is 36.4 Å². The average Bonchev–Trinajstić information content (AvgIpc) is 2.95. The monoisotopic (exact) mass is 559 g/mol. The number of nitrogens with zero attached hydrogens (tertiary/aromatic N) is 1. The zero-order valence-electron chi connectivity index (χ0n) is 23.1. The summed E-state index contributed by atoms with van der Waals surface area (Å²) in [6, 6.07) is 37.0. The Labute approximate surface area is 243 Å². The summed E-state index contributed by atoms with van der Waals surface area (Å²) in [5, 5.41) is 9.12. The Hall–Kier alpha value is -3.80. The van der Waals surface area contributed by atoms with Crippen LogP contribution in [0.1, 0.15) is 41.5 Å². The minimum Gasteiger partial charge on any atom is -0.497 e. The summed E-state index contributed by atoms with van der Waals surface area (Å²) in [6.07, 6.45) is 0.785. The van der Waals surface area contributed by atoms with Gasteiger partial charge < -0.3 is 14.6 Å².